The quantitative estimate of drug-likeness (QED) is 0.771. The molecule has 0 heterocycles. The smallest absolute Gasteiger partial charge is 0.237 e. The minimum absolute atomic E-state index is 0.0345. The SMILES string of the molecule is CCC1CCCCC1NC(C)C(=O)NC1CC1. The fourth-order valence-corrected chi connectivity index (χ4v) is 2.87. The van der Waals surface area contributed by atoms with Gasteiger partial charge in [0, 0.05) is 12.1 Å². The zero-order valence-electron chi connectivity index (χ0n) is 11.2. The van der Waals surface area contributed by atoms with Gasteiger partial charge in [0.1, 0.15) is 0 Å². The molecular weight excluding hydrogens is 212 g/mol. The molecule has 2 saturated carbocycles. The highest BCUT2D eigenvalue weighted by Crippen LogP contribution is 2.27. The number of hydrogen-bond donors (Lipinski definition) is 2. The van der Waals surface area contributed by atoms with Gasteiger partial charge in [-0.3, -0.25) is 4.79 Å². The van der Waals surface area contributed by atoms with Crippen LogP contribution in [0.15, 0.2) is 0 Å². The van der Waals surface area contributed by atoms with Crippen LogP contribution in [0.2, 0.25) is 0 Å². The molecule has 98 valence electrons. The molecular formula is C14H26N2O. The summed E-state index contributed by atoms with van der Waals surface area (Å²) in [5.41, 5.74) is 0. The van der Waals surface area contributed by atoms with Gasteiger partial charge in [-0.1, -0.05) is 26.2 Å². The Balaban J connectivity index is 1.78. The van der Waals surface area contributed by atoms with Crippen LogP contribution in [-0.2, 0) is 4.79 Å². The Morgan fingerprint density at radius 1 is 1.24 bits per heavy atom. The molecule has 2 rings (SSSR count). The van der Waals surface area contributed by atoms with Crippen molar-refractivity contribution < 1.29 is 4.79 Å². The van der Waals surface area contributed by atoms with Gasteiger partial charge in [0.05, 0.1) is 6.04 Å². The Kier molecular flexibility index (Phi) is 4.43. The number of nitrogens with one attached hydrogen (secondary N) is 2. The van der Waals surface area contributed by atoms with E-state index in [4.69, 9.17) is 0 Å². The van der Waals surface area contributed by atoms with E-state index in [0.717, 1.165) is 5.92 Å². The lowest BCUT2D eigenvalue weighted by atomic mass is 9.82. The monoisotopic (exact) mass is 238 g/mol. The van der Waals surface area contributed by atoms with E-state index in [1.165, 1.54) is 44.9 Å². The molecule has 0 radical (unpaired) electrons. The zero-order chi connectivity index (χ0) is 12.3. The summed E-state index contributed by atoms with van der Waals surface area (Å²) in [6, 6.07) is 0.988. The van der Waals surface area contributed by atoms with Gasteiger partial charge in [0.25, 0.3) is 0 Å². The van der Waals surface area contributed by atoms with E-state index >= 15 is 0 Å². The Hall–Kier alpha value is -0.570. The van der Waals surface area contributed by atoms with Gasteiger partial charge in [-0.05, 0) is 38.5 Å². The van der Waals surface area contributed by atoms with Gasteiger partial charge >= 0.3 is 0 Å². The summed E-state index contributed by atoms with van der Waals surface area (Å²) in [5, 5.41) is 6.62. The number of hydrogen-bond acceptors (Lipinski definition) is 2. The van der Waals surface area contributed by atoms with Gasteiger partial charge in [-0.15, -0.1) is 0 Å². The van der Waals surface area contributed by atoms with Crippen LogP contribution in [0.3, 0.4) is 0 Å². The second-order valence-corrected chi connectivity index (χ2v) is 5.73. The zero-order valence-corrected chi connectivity index (χ0v) is 11.2. The first-order chi connectivity index (χ1) is 8.20. The van der Waals surface area contributed by atoms with Crippen molar-refractivity contribution in [1.29, 1.82) is 0 Å². The highest BCUT2D eigenvalue weighted by molar-refractivity contribution is 5.81. The second-order valence-electron chi connectivity index (χ2n) is 5.73. The summed E-state index contributed by atoms with van der Waals surface area (Å²) in [6.07, 6.45) is 8.79. The van der Waals surface area contributed by atoms with E-state index in [0.29, 0.717) is 12.1 Å². The fraction of sp³-hybridized carbons (Fsp3) is 0.929. The highest BCUT2D eigenvalue weighted by atomic mass is 16.2. The van der Waals surface area contributed by atoms with Crippen LogP contribution in [0.4, 0.5) is 0 Å². The van der Waals surface area contributed by atoms with Gasteiger partial charge < -0.3 is 10.6 Å². The third-order valence-electron chi connectivity index (χ3n) is 4.21. The maximum absolute atomic E-state index is 11.9. The summed E-state index contributed by atoms with van der Waals surface area (Å²) in [4.78, 5) is 11.9. The molecule has 0 saturated heterocycles. The van der Waals surface area contributed by atoms with Crippen LogP contribution < -0.4 is 10.6 Å². The molecule has 1 amide bonds. The van der Waals surface area contributed by atoms with Crippen LogP contribution in [0.1, 0.15) is 58.8 Å². The minimum Gasteiger partial charge on any atom is -0.352 e. The van der Waals surface area contributed by atoms with Crippen molar-refractivity contribution in [3.8, 4) is 0 Å². The Labute approximate surface area is 105 Å². The average Bonchev–Trinajstić information content (AvgIpc) is 3.13. The van der Waals surface area contributed by atoms with Crippen molar-refractivity contribution in [2.45, 2.75) is 76.9 Å². The molecule has 3 nitrogen and oxygen atoms in total. The van der Waals surface area contributed by atoms with E-state index in [9.17, 15) is 4.79 Å². The van der Waals surface area contributed by atoms with Crippen LogP contribution in [0, 0.1) is 5.92 Å². The van der Waals surface area contributed by atoms with E-state index < -0.39 is 0 Å². The summed E-state index contributed by atoms with van der Waals surface area (Å²) in [5.74, 6) is 0.952. The number of carbonyl (C=O) groups is 1. The van der Waals surface area contributed by atoms with Gasteiger partial charge in [0.2, 0.25) is 5.91 Å². The van der Waals surface area contributed by atoms with E-state index in [1.807, 2.05) is 6.92 Å². The molecule has 0 aromatic carbocycles. The third kappa shape index (κ3) is 3.70. The predicted molar refractivity (Wildman–Crippen MR) is 69.8 cm³/mol. The van der Waals surface area contributed by atoms with E-state index in [1.54, 1.807) is 0 Å². The van der Waals surface area contributed by atoms with Crippen molar-refractivity contribution in [1.82, 2.24) is 10.6 Å². The molecule has 2 fully saturated rings. The molecule has 3 atom stereocenters. The lowest BCUT2D eigenvalue weighted by molar-refractivity contribution is -0.123. The van der Waals surface area contributed by atoms with Crippen molar-refractivity contribution in [2.75, 3.05) is 0 Å². The van der Waals surface area contributed by atoms with Crippen LogP contribution >= 0.6 is 0 Å². The Bertz CT molecular complexity index is 263. The van der Waals surface area contributed by atoms with Crippen molar-refractivity contribution in [3.63, 3.8) is 0 Å². The topological polar surface area (TPSA) is 41.1 Å². The first-order valence-corrected chi connectivity index (χ1v) is 7.27. The van der Waals surface area contributed by atoms with Crippen molar-refractivity contribution in [3.05, 3.63) is 0 Å². The van der Waals surface area contributed by atoms with Gasteiger partial charge in [0.15, 0.2) is 0 Å². The van der Waals surface area contributed by atoms with Crippen molar-refractivity contribution >= 4 is 5.91 Å². The van der Waals surface area contributed by atoms with Crippen LogP contribution in [-0.4, -0.2) is 24.0 Å². The standard InChI is InChI=1S/C14H26N2O/c1-3-11-6-4-5-7-13(11)15-10(2)14(17)16-12-8-9-12/h10-13,15H,3-9H2,1-2H3,(H,16,17). The van der Waals surface area contributed by atoms with Crippen LogP contribution in [0.25, 0.3) is 0 Å². The molecule has 3 unspecified atom stereocenters. The molecule has 2 aliphatic rings. The maximum Gasteiger partial charge on any atom is 0.237 e. The number of amides is 1. The first-order valence-electron chi connectivity index (χ1n) is 7.27. The van der Waals surface area contributed by atoms with E-state index in [-0.39, 0.29) is 11.9 Å². The van der Waals surface area contributed by atoms with Gasteiger partial charge in [-0.2, -0.15) is 0 Å². The molecule has 0 aromatic heterocycles. The Morgan fingerprint density at radius 3 is 2.59 bits per heavy atom. The third-order valence-corrected chi connectivity index (χ3v) is 4.21. The summed E-state index contributed by atoms with van der Waals surface area (Å²) < 4.78 is 0. The lowest BCUT2D eigenvalue weighted by Gasteiger charge is -2.33. The molecule has 17 heavy (non-hydrogen) atoms. The second kappa shape index (κ2) is 5.85. The first kappa shape index (κ1) is 12.9. The number of carbonyl (C=O) groups excluding carboxylic acids is 1. The van der Waals surface area contributed by atoms with Crippen molar-refractivity contribution in [2.24, 2.45) is 5.92 Å². The Morgan fingerprint density at radius 2 is 1.94 bits per heavy atom. The number of rotatable bonds is 5. The minimum atomic E-state index is -0.0345. The predicted octanol–water partition coefficient (Wildman–Crippen LogP) is 2.21. The normalized spacial score (nSPS) is 30.9. The molecule has 0 spiro atoms. The summed E-state index contributed by atoms with van der Waals surface area (Å²) >= 11 is 0. The van der Waals surface area contributed by atoms with Crippen LogP contribution in [0.5, 0.6) is 0 Å². The highest BCUT2D eigenvalue weighted by Gasteiger charge is 2.29. The molecule has 2 N–H and O–H groups in total. The van der Waals surface area contributed by atoms with Gasteiger partial charge in [-0.25, -0.2) is 0 Å². The fourth-order valence-electron chi connectivity index (χ4n) is 2.87. The summed E-state index contributed by atoms with van der Waals surface area (Å²) in [7, 11) is 0. The maximum atomic E-state index is 11.9. The molecule has 0 bridgehead atoms. The summed E-state index contributed by atoms with van der Waals surface area (Å²) in [6.45, 7) is 4.26. The molecule has 2 aliphatic carbocycles. The lowest BCUT2D eigenvalue weighted by Crippen LogP contribution is -2.50. The molecule has 3 heteroatoms. The molecule has 0 aliphatic heterocycles. The largest absolute Gasteiger partial charge is 0.352 e. The molecule has 0 aromatic rings. The van der Waals surface area contributed by atoms with E-state index in [2.05, 4.69) is 17.6 Å². The average molecular weight is 238 g/mol.